The summed E-state index contributed by atoms with van der Waals surface area (Å²) in [5, 5.41) is 6.06. The van der Waals surface area contributed by atoms with Crippen LogP contribution in [0, 0.1) is 11.7 Å². The maximum absolute atomic E-state index is 12.9. The molecule has 0 spiro atoms. The minimum Gasteiger partial charge on any atom is -0.326 e. The van der Waals surface area contributed by atoms with Crippen molar-refractivity contribution in [3.63, 3.8) is 0 Å². The normalized spacial score (nSPS) is 19.5. The highest BCUT2D eigenvalue weighted by molar-refractivity contribution is 5.90. The van der Waals surface area contributed by atoms with E-state index in [1.807, 2.05) is 0 Å². The maximum atomic E-state index is 12.9. The van der Waals surface area contributed by atoms with E-state index in [1.165, 1.54) is 25.0 Å². The van der Waals surface area contributed by atoms with Crippen LogP contribution in [-0.2, 0) is 4.79 Å². The van der Waals surface area contributed by atoms with Crippen LogP contribution in [0.5, 0.6) is 0 Å². The Balaban J connectivity index is 1.74. The van der Waals surface area contributed by atoms with Crippen molar-refractivity contribution in [1.29, 1.82) is 0 Å². The highest BCUT2D eigenvalue weighted by atomic mass is 19.1. The van der Waals surface area contributed by atoms with Crippen molar-refractivity contribution in [1.82, 2.24) is 5.32 Å². The first-order chi connectivity index (χ1) is 8.74. The summed E-state index contributed by atoms with van der Waals surface area (Å²) in [6.45, 7) is 2.10. The van der Waals surface area contributed by atoms with E-state index in [1.54, 1.807) is 12.1 Å². The Morgan fingerprint density at radius 3 is 3.11 bits per heavy atom. The molecule has 0 aliphatic carbocycles. The molecule has 2 rings (SSSR count). The zero-order valence-corrected chi connectivity index (χ0v) is 10.4. The molecule has 1 fully saturated rings. The highest BCUT2D eigenvalue weighted by Crippen LogP contribution is 2.16. The van der Waals surface area contributed by atoms with Crippen LogP contribution in [0.2, 0.25) is 0 Å². The molecular formula is C14H19FN2O. The number of nitrogens with one attached hydrogen (secondary N) is 2. The van der Waals surface area contributed by atoms with Gasteiger partial charge < -0.3 is 10.6 Å². The first-order valence-electron chi connectivity index (χ1n) is 6.50. The molecule has 1 saturated heterocycles. The first-order valence-corrected chi connectivity index (χ1v) is 6.50. The molecule has 1 aromatic rings. The zero-order chi connectivity index (χ0) is 12.8. The predicted molar refractivity (Wildman–Crippen MR) is 69.9 cm³/mol. The summed E-state index contributed by atoms with van der Waals surface area (Å²) < 4.78 is 12.9. The second-order valence-corrected chi connectivity index (χ2v) is 4.81. The lowest BCUT2D eigenvalue weighted by Gasteiger charge is -2.22. The highest BCUT2D eigenvalue weighted by Gasteiger charge is 2.14. The molecule has 98 valence electrons. The standard InChI is InChI=1S/C14H19FN2O/c15-12-4-1-5-13(9-12)17-14(18)7-6-11-3-2-8-16-10-11/h1,4-5,9,11,16H,2-3,6-8,10H2,(H,17,18). The van der Waals surface area contributed by atoms with Crippen molar-refractivity contribution in [2.75, 3.05) is 18.4 Å². The van der Waals surface area contributed by atoms with Gasteiger partial charge in [0.2, 0.25) is 5.91 Å². The van der Waals surface area contributed by atoms with Crippen molar-refractivity contribution in [3.8, 4) is 0 Å². The van der Waals surface area contributed by atoms with Gasteiger partial charge in [-0.1, -0.05) is 6.07 Å². The third-order valence-corrected chi connectivity index (χ3v) is 3.29. The molecule has 1 aliphatic rings. The van der Waals surface area contributed by atoms with Gasteiger partial charge in [0.25, 0.3) is 0 Å². The molecular weight excluding hydrogens is 231 g/mol. The molecule has 18 heavy (non-hydrogen) atoms. The number of carbonyl (C=O) groups excluding carboxylic acids is 1. The molecule has 4 heteroatoms. The molecule has 1 atom stereocenters. The molecule has 2 N–H and O–H groups in total. The van der Waals surface area contributed by atoms with Crippen molar-refractivity contribution < 1.29 is 9.18 Å². The quantitative estimate of drug-likeness (QED) is 0.862. The fourth-order valence-electron chi connectivity index (χ4n) is 2.30. The van der Waals surface area contributed by atoms with Gasteiger partial charge in [0.1, 0.15) is 5.82 Å². The second kappa shape index (κ2) is 6.50. The topological polar surface area (TPSA) is 41.1 Å². The molecule has 1 aliphatic heterocycles. The van der Waals surface area contributed by atoms with E-state index >= 15 is 0 Å². The first kappa shape index (κ1) is 13.0. The molecule has 0 saturated carbocycles. The third-order valence-electron chi connectivity index (χ3n) is 3.29. The summed E-state index contributed by atoms with van der Waals surface area (Å²) in [5.74, 6) is 0.229. The van der Waals surface area contributed by atoms with Crippen LogP contribution >= 0.6 is 0 Å². The second-order valence-electron chi connectivity index (χ2n) is 4.81. The summed E-state index contributed by atoms with van der Waals surface area (Å²) >= 11 is 0. The van der Waals surface area contributed by atoms with E-state index < -0.39 is 0 Å². The molecule has 3 nitrogen and oxygen atoms in total. The van der Waals surface area contributed by atoms with Crippen LogP contribution in [0.25, 0.3) is 0 Å². The smallest absolute Gasteiger partial charge is 0.224 e. The predicted octanol–water partition coefficient (Wildman–Crippen LogP) is 2.54. The lowest BCUT2D eigenvalue weighted by Crippen LogP contribution is -2.30. The Morgan fingerprint density at radius 1 is 1.50 bits per heavy atom. The number of hydrogen-bond acceptors (Lipinski definition) is 2. The van der Waals surface area contributed by atoms with E-state index in [9.17, 15) is 9.18 Å². The van der Waals surface area contributed by atoms with Crippen molar-refractivity contribution in [3.05, 3.63) is 30.1 Å². The molecule has 1 amide bonds. The summed E-state index contributed by atoms with van der Waals surface area (Å²) in [7, 11) is 0. The maximum Gasteiger partial charge on any atom is 0.224 e. The van der Waals surface area contributed by atoms with Crippen molar-refractivity contribution in [2.24, 2.45) is 5.92 Å². The molecule has 1 heterocycles. The van der Waals surface area contributed by atoms with E-state index in [4.69, 9.17) is 0 Å². The van der Waals surface area contributed by atoms with Gasteiger partial charge in [-0.05, 0) is 56.5 Å². The summed E-state index contributed by atoms with van der Waals surface area (Å²) in [4.78, 5) is 11.7. The zero-order valence-electron chi connectivity index (χ0n) is 10.4. The Kier molecular flexibility index (Phi) is 4.70. The number of anilines is 1. The van der Waals surface area contributed by atoms with Crippen LogP contribution in [0.4, 0.5) is 10.1 Å². The number of piperidine rings is 1. The van der Waals surface area contributed by atoms with Gasteiger partial charge in [0.15, 0.2) is 0 Å². The Labute approximate surface area is 107 Å². The van der Waals surface area contributed by atoms with Crippen LogP contribution in [0.1, 0.15) is 25.7 Å². The summed E-state index contributed by atoms with van der Waals surface area (Å²) in [5.41, 5.74) is 0.529. The van der Waals surface area contributed by atoms with E-state index in [0.717, 1.165) is 19.5 Å². The van der Waals surface area contributed by atoms with Gasteiger partial charge in [-0.3, -0.25) is 4.79 Å². The monoisotopic (exact) mass is 250 g/mol. The van der Waals surface area contributed by atoms with Crippen molar-refractivity contribution in [2.45, 2.75) is 25.7 Å². The number of amides is 1. The van der Waals surface area contributed by atoms with Gasteiger partial charge >= 0.3 is 0 Å². The molecule has 0 radical (unpaired) electrons. The van der Waals surface area contributed by atoms with Gasteiger partial charge in [-0.2, -0.15) is 0 Å². The lowest BCUT2D eigenvalue weighted by molar-refractivity contribution is -0.116. The molecule has 0 bridgehead atoms. The fraction of sp³-hybridized carbons (Fsp3) is 0.500. The number of rotatable bonds is 4. The van der Waals surface area contributed by atoms with Crippen molar-refractivity contribution >= 4 is 11.6 Å². The minimum atomic E-state index is -0.329. The molecule has 1 aromatic carbocycles. The van der Waals surface area contributed by atoms with Gasteiger partial charge in [0.05, 0.1) is 0 Å². The number of benzene rings is 1. The third kappa shape index (κ3) is 4.11. The van der Waals surface area contributed by atoms with Gasteiger partial charge in [-0.25, -0.2) is 4.39 Å². The van der Waals surface area contributed by atoms with Crippen LogP contribution in [0.3, 0.4) is 0 Å². The van der Waals surface area contributed by atoms with Crippen LogP contribution in [0.15, 0.2) is 24.3 Å². The number of carbonyl (C=O) groups is 1. The summed E-state index contributed by atoms with van der Waals surface area (Å²) in [6.07, 6.45) is 3.79. The Hall–Kier alpha value is -1.42. The SMILES string of the molecule is O=C(CCC1CCCNC1)Nc1cccc(F)c1. The van der Waals surface area contributed by atoms with Crippen LogP contribution in [-0.4, -0.2) is 19.0 Å². The molecule has 1 unspecified atom stereocenters. The Morgan fingerprint density at radius 2 is 2.39 bits per heavy atom. The fourth-order valence-corrected chi connectivity index (χ4v) is 2.30. The van der Waals surface area contributed by atoms with Gasteiger partial charge in [-0.15, -0.1) is 0 Å². The van der Waals surface area contributed by atoms with Gasteiger partial charge in [0, 0.05) is 12.1 Å². The van der Waals surface area contributed by atoms with E-state index in [-0.39, 0.29) is 11.7 Å². The van der Waals surface area contributed by atoms with E-state index in [0.29, 0.717) is 18.0 Å². The summed E-state index contributed by atoms with van der Waals surface area (Å²) in [6, 6.07) is 5.99. The minimum absolute atomic E-state index is 0.0360. The van der Waals surface area contributed by atoms with E-state index in [2.05, 4.69) is 10.6 Å². The largest absolute Gasteiger partial charge is 0.326 e. The number of hydrogen-bond donors (Lipinski definition) is 2. The number of halogens is 1. The lowest BCUT2D eigenvalue weighted by atomic mass is 9.94. The average molecular weight is 250 g/mol. The average Bonchev–Trinajstić information content (AvgIpc) is 2.38. The molecule has 0 aromatic heterocycles. The van der Waals surface area contributed by atoms with Crippen LogP contribution < -0.4 is 10.6 Å². The Bertz CT molecular complexity index is 403.